The van der Waals surface area contributed by atoms with Crippen molar-refractivity contribution < 1.29 is 9.21 Å². The smallest absolute Gasteiger partial charge is 0.273 e. The zero-order valence-corrected chi connectivity index (χ0v) is 17.9. The normalized spacial score (nSPS) is 15.8. The van der Waals surface area contributed by atoms with Crippen LogP contribution in [0.1, 0.15) is 46.6 Å². The van der Waals surface area contributed by atoms with Crippen LogP contribution in [0.4, 0.5) is 0 Å². The van der Waals surface area contributed by atoms with Crippen molar-refractivity contribution in [2.75, 3.05) is 6.54 Å². The van der Waals surface area contributed by atoms with Gasteiger partial charge in [-0.15, -0.1) is 0 Å². The Hall–Kier alpha value is -3.58. The first kappa shape index (κ1) is 20.3. The lowest BCUT2D eigenvalue weighted by molar-refractivity contribution is 0.0708. The number of hydrogen-bond acceptors (Lipinski definition) is 6. The standard InChI is InChI=1S/C24H20ClN5O2/c25-18-8-6-16(7-9-18)11-19-14-28-23(32-19)22-5-2-10-30(22)24(31)21-4-1-3-20(29-21)17-12-26-15-27-13-17/h1,3-4,6-9,12-15,22H,2,5,10-11H2/t22-/m0/s1. The summed E-state index contributed by atoms with van der Waals surface area (Å²) in [6.07, 6.45) is 8.86. The van der Waals surface area contributed by atoms with Crippen molar-refractivity contribution in [3.63, 3.8) is 0 Å². The molecule has 0 saturated carbocycles. The van der Waals surface area contributed by atoms with Gasteiger partial charge in [-0.1, -0.05) is 29.8 Å². The topological polar surface area (TPSA) is 85.0 Å². The van der Waals surface area contributed by atoms with Crippen molar-refractivity contribution in [2.24, 2.45) is 0 Å². The van der Waals surface area contributed by atoms with Crippen LogP contribution in [-0.2, 0) is 6.42 Å². The van der Waals surface area contributed by atoms with Crippen LogP contribution < -0.4 is 0 Å². The number of nitrogens with zero attached hydrogens (tertiary/aromatic N) is 5. The Bertz CT molecular complexity index is 1230. The van der Waals surface area contributed by atoms with Crippen molar-refractivity contribution in [2.45, 2.75) is 25.3 Å². The van der Waals surface area contributed by atoms with Gasteiger partial charge in [0, 0.05) is 35.9 Å². The van der Waals surface area contributed by atoms with E-state index in [2.05, 4.69) is 19.9 Å². The molecule has 0 spiro atoms. The van der Waals surface area contributed by atoms with Crippen molar-refractivity contribution in [1.29, 1.82) is 0 Å². The van der Waals surface area contributed by atoms with Gasteiger partial charge < -0.3 is 9.32 Å². The first-order valence-corrected chi connectivity index (χ1v) is 10.8. The third kappa shape index (κ3) is 4.24. The van der Waals surface area contributed by atoms with E-state index in [-0.39, 0.29) is 11.9 Å². The van der Waals surface area contributed by atoms with Gasteiger partial charge in [0.2, 0.25) is 5.89 Å². The highest BCUT2D eigenvalue weighted by Crippen LogP contribution is 2.33. The molecular weight excluding hydrogens is 426 g/mol. The Balaban J connectivity index is 1.34. The third-order valence-electron chi connectivity index (χ3n) is 5.49. The number of amides is 1. The third-order valence-corrected chi connectivity index (χ3v) is 5.74. The second kappa shape index (κ2) is 8.88. The van der Waals surface area contributed by atoms with Gasteiger partial charge in [-0.2, -0.15) is 0 Å². The molecule has 8 heteroatoms. The molecular formula is C24H20ClN5O2. The average Bonchev–Trinajstić information content (AvgIpc) is 3.50. The summed E-state index contributed by atoms with van der Waals surface area (Å²) in [6, 6.07) is 12.8. The molecule has 3 aromatic heterocycles. The van der Waals surface area contributed by atoms with Crippen molar-refractivity contribution in [3.05, 3.63) is 95.3 Å². The molecule has 4 aromatic rings. The molecule has 1 aliphatic rings. The van der Waals surface area contributed by atoms with Crippen LogP contribution >= 0.6 is 11.6 Å². The summed E-state index contributed by atoms with van der Waals surface area (Å²) in [6.45, 7) is 0.638. The Kier molecular flexibility index (Phi) is 5.64. The second-order valence-electron chi connectivity index (χ2n) is 7.66. The SMILES string of the molecule is O=C(c1cccc(-c2cncnc2)n1)N1CCC[C@H]1c1ncc(Cc2ccc(Cl)cc2)o1. The number of pyridine rings is 1. The summed E-state index contributed by atoms with van der Waals surface area (Å²) in [5, 5.41) is 0.699. The number of carbonyl (C=O) groups is 1. The fourth-order valence-corrected chi connectivity index (χ4v) is 4.05. The molecule has 1 amide bonds. The van der Waals surface area contributed by atoms with Crippen molar-refractivity contribution in [1.82, 2.24) is 24.8 Å². The summed E-state index contributed by atoms with van der Waals surface area (Å²) < 4.78 is 6.04. The van der Waals surface area contributed by atoms with E-state index in [0.717, 1.165) is 29.7 Å². The second-order valence-corrected chi connectivity index (χ2v) is 8.10. The lowest BCUT2D eigenvalue weighted by atomic mass is 10.1. The zero-order chi connectivity index (χ0) is 21.9. The molecule has 32 heavy (non-hydrogen) atoms. The predicted molar refractivity (Wildman–Crippen MR) is 119 cm³/mol. The highest BCUT2D eigenvalue weighted by molar-refractivity contribution is 6.30. The van der Waals surface area contributed by atoms with E-state index in [1.807, 2.05) is 36.4 Å². The molecule has 1 aromatic carbocycles. The Morgan fingerprint density at radius 1 is 1.09 bits per heavy atom. The number of halogens is 1. The summed E-state index contributed by atoms with van der Waals surface area (Å²) >= 11 is 5.96. The minimum Gasteiger partial charge on any atom is -0.443 e. The van der Waals surface area contributed by atoms with E-state index in [9.17, 15) is 4.79 Å². The first-order chi connectivity index (χ1) is 15.7. The van der Waals surface area contributed by atoms with E-state index in [4.69, 9.17) is 16.0 Å². The van der Waals surface area contributed by atoms with Gasteiger partial charge in [0.25, 0.3) is 5.91 Å². The molecule has 0 bridgehead atoms. The van der Waals surface area contributed by atoms with E-state index >= 15 is 0 Å². The van der Waals surface area contributed by atoms with Crippen LogP contribution in [0, 0.1) is 0 Å². The molecule has 1 saturated heterocycles. The Labute approximate surface area is 190 Å². The molecule has 4 heterocycles. The molecule has 5 rings (SSSR count). The minimum absolute atomic E-state index is 0.136. The minimum atomic E-state index is -0.202. The zero-order valence-electron chi connectivity index (χ0n) is 17.2. The van der Waals surface area contributed by atoms with Crippen LogP contribution in [0.5, 0.6) is 0 Å². The van der Waals surface area contributed by atoms with Gasteiger partial charge in [-0.3, -0.25) is 4.79 Å². The number of benzene rings is 1. The quantitative estimate of drug-likeness (QED) is 0.440. The van der Waals surface area contributed by atoms with Gasteiger partial charge in [-0.05, 0) is 42.7 Å². The lowest BCUT2D eigenvalue weighted by Gasteiger charge is -2.22. The molecule has 1 aliphatic heterocycles. The molecule has 1 atom stereocenters. The van der Waals surface area contributed by atoms with Crippen LogP contribution in [0.2, 0.25) is 5.02 Å². The molecule has 0 unspecified atom stereocenters. The average molecular weight is 446 g/mol. The fraction of sp³-hybridized carbons (Fsp3) is 0.208. The van der Waals surface area contributed by atoms with Gasteiger partial charge >= 0.3 is 0 Å². The van der Waals surface area contributed by atoms with Gasteiger partial charge in [0.15, 0.2) is 0 Å². The molecule has 0 radical (unpaired) electrons. The molecule has 7 nitrogen and oxygen atoms in total. The van der Waals surface area contributed by atoms with Crippen molar-refractivity contribution >= 4 is 17.5 Å². The molecule has 0 N–H and O–H groups in total. The summed E-state index contributed by atoms with van der Waals surface area (Å²) in [5.74, 6) is 1.18. The number of oxazole rings is 1. The molecule has 1 fully saturated rings. The highest BCUT2D eigenvalue weighted by atomic mass is 35.5. The number of aromatic nitrogens is 4. The summed E-state index contributed by atoms with van der Waals surface area (Å²) in [7, 11) is 0. The maximum Gasteiger partial charge on any atom is 0.273 e. The van der Waals surface area contributed by atoms with E-state index in [0.29, 0.717) is 35.3 Å². The van der Waals surface area contributed by atoms with Gasteiger partial charge in [0.05, 0.1) is 11.9 Å². The van der Waals surface area contributed by atoms with Gasteiger partial charge in [-0.25, -0.2) is 19.9 Å². The number of carbonyl (C=O) groups excluding carboxylic acids is 1. The fourth-order valence-electron chi connectivity index (χ4n) is 3.92. The maximum absolute atomic E-state index is 13.3. The first-order valence-electron chi connectivity index (χ1n) is 10.4. The maximum atomic E-state index is 13.3. The lowest BCUT2D eigenvalue weighted by Crippen LogP contribution is -2.31. The van der Waals surface area contributed by atoms with Crippen LogP contribution in [-0.4, -0.2) is 37.3 Å². The van der Waals surface area contributed by atoms with Crippen LogP contribution in [0.15, 0.2) is 71.8 Å². The summed E-state index contributed by atoms with van der Waals surface area (Å²) in [5.41, 5.74) is 2.89. The van der Waals surface area contributed by atoms with Crippen LogP contribution in [0.25, 0.3) is 11.3 Å². The Morgan fingerprint density at radius 3 is 2.72 bits per heavy atom. The van der Waals surface area contributed by atoms with E-state index in [1.54, 1.807) is 29.6 Å². The number of likely N-dealkylation sites (tertiary alicyclic amines) is 1. The molecule has 0 aliphatic carbocycles. The van der Waals surface area contributed by atoms with Crippen molar-refractivity contribution in [3.8, 4) is 11.3 Å². The summed E-state index contributed by atoms with van der Waals surface area (Å²) in [4.78, 5) is 32.2. The number of rotatable bonds is 5. The monoisotopic (exact) mass is 445 g/mol. The van der Waals surface area contributed by atoms with E-state index < -0.39 is 0 Å². The van der Waals surface area contributed by atoms with Crippen LogP contribution in [0.3, 0.4) is 0 Å². The highest BCUT2D eigenvalue weighted by Gasteiger charge is 2.34. The number of hydrogen-bond donors (Lipinski definition) is 0. The predicted octanol–water partition coefficient (Wildman–Crippen LogP) is 4.75. The Morgan fingerprint density at radius 2 is 1.91 bits per heavy atom. The van der Waals surface area contributed by atoms with Gasteiger partial charge in [0.1, 0.15) is 23.8 Å². The molecule has 160 valence electrons. The van der Waals surface area contributed by atoms with E-state index in [1.165, 1.54) is 6.33 Å². The largest absolute Gasteiger partial charge is 0.443 e.